The van der Waals surface area contributed by atoms with E-state index in [1.54, 1.807) is 18.5 Å². The molecule has 0 aliphatic heterocycles. The minimum absolute atomic E-state index is 0.515. The van der Waals surface area contributed by atoms with Gasteiger partial charge in [0.2, 0.25) is 5.82 Å². The van der Waals surface area contributed by atoms with E-state index >= 15 is 0 Å². The molecule has 2 aromatic rings. The van der Waals surface area contributed by atoms with Crippen LogP contribution in [-0.4, -0.2) is 15.0 Å². The van der Waals surface area contributed by atoms with Crippen LogP contribution in [0.3, 0.4) is 0 Å². The minimum Gasteiger partial charge on any atom is -0.245 e. The van der Waals surface area contributed by atoms with Crippen molar-refractivity contribution in [3.05, 3.63) is 53.9 Å². The van der Waals surface area contributed by atoms with Gasteiger partial charge in [-0.05, 0) is 37.0 Å². The summed E-state index contributed by atoms with van der Waals surface area (Å²) < 4.78 is 0. The van der Waals surface area contributed by atoms with E-state index in [0.717, 1.165) is 11.4 Å². The maximum atomic E-state index is 4.26. The Morgan fingerprint density at radius 3 is 2.53 bits per heavy atom. The highest BCUT2D eigenvalue weighted by Gasteiger charge is 1.89. The molecule has 15 heavy (non-hydrogen) atoms. The summed E-state index contributed by atoms with van der Waals surface area (Å²) in [6.45, 7) is 1.93. The van der Waals surface area contributed by atoms with Crippen LogP contribution in [0.25, 0.3) is 0 Å². The fourth-order valence-electron chi connectivity index (χ4n) is 1.10. The Bertz CT molecular complexity index is 509. The van der Waals surface area contributed by atoms with Crippen molar-refractivity contribution in [1.29, 1.82) is 0 Å². The summed E-state index contributed by atoms with van der Waals surface area (Å²) >= 11 is 0. The van der Waals surface area contributed by atoms with Crippen molar-refractivity contribution in [3.8, 4) is 11.8 Å². The molecule has 2 rings (SSSR count). The lowest BCUT2D eigenvalue weighted by atomic mass is 10.3. The average molecular weight is 195 g/mol. The molecule has 2 aromatic heterocycles. The minimum atomic E-state index is 0.515. The lowest BCUT2D eigenvalue weighted by molar-refractivity contribution is 1.12. The Morgan fingerprint density at radius 1 is 1.00 bits per heavy atom. The van der Waals surface area contributed by atoms with Gasteiger partial charge in [-0.2, -0.15) is 0 Å². The molecule has 0 spiro atoms. The van der Waals surface area contributed by atoms with E-state index < -0.39 is 0 Å². The van der Waals surface area contributed by atoms with Crippen LogP contribution in [0.1, 0.15) is 17.2 Å². The van der Waals surface area contributed by atoms with E-state index in [2.05, 4.69) is 26.8 Å². The summed E-state index contributed by atoms with van der Waals surface area (Å²) in [5.41, 5.74) is 1.69. The Labute approximate surface area is 88.2 Å². The van der Waals surface area contributed by atoms with Gasteiger partial charge in [0.15, 0.2) is 0 Å². The van der Waals surface area contributed by atoms with Crippen LogP contribution >= 0.6 is 0 Å². The molecule has 3 heteroatoms. The first-order valence-electron chi connectivity index (χ1n) is 4.57. The maximum Gasteiger partial charge on any atom is 0.205 e. The molecule has 0 unspecified atom stereocenters. The first-order chi connectivity index (χ1) is 7.34. The second kappa shape index (κ2) is 4.34. The van der Waals surface area contributed by atoms with Gasteiger partial charge in [0.25, 0.3) is 0 Å². The Kier molecular flexibility index (Phi) is 2.70. The van der Waals surface area contributed by atoms with E-state index in [0.29, 0.717) is 5.82 Å². The van der Waals surface area contributed by atoms with E-state index in [9.17, 15) is 0 Å². The van der Waals surface area contributed by atoms with Gasteiger partial charge in [-0.3, -0.25) is 0 Å². The second-order valence-electron chi connectivity index (χ2n) is 2.99. The molecule has 0 saturated heterocycles. The molecule has 0 aliphatic carbocycles. The first kappa shape index (κ1) is 9.35. The Balaban J connectivity index is 2.26. The number of hydrogen-bond donors (Lipinski definition) is 0. The SMILES string of the molecule is Cc1cccc(C#Cc2ncccn2)n1. The molecular weight excluding hydrogens is 186 g/mol. The third-order valence-electron chi connectivity index (χ3n) is 1.76. The van der Waals surface area contributed by atoms with Gasteiger partial charge in [-0.15, -0.1) is 0 Å². The predicted octanol–water partition coefficient (Wildman–Crippen LogP) is 1.58. The lowest BCUT2D eigenvalue weighted by Gasteiger charge is -1.91. The number of aromatic nitrogens is 3. The molecule has 0 bridgehead atoms. The summed E-state index contributed by atoms with van der Waals surface area (Å²) in [7, 11) is 0. The Morgan fingerprint density at radius 2 is 1.80 bits per heavy atom. The number of aryl methyl sites for hydroxylation is 1. The smallest absolute Gasteiger partial charge is 0.205 e. The van der Waals surface area contributed by atoms with Gasteiger partial charge in [0.05, 0.1) is 0 Å². The summed E-state index contributed by atoms with van der Waals surface area (Å²) in [6, 6.07) is 7.49. The third kappa shape index (κ3) is 2.61. The highest BCUT2D eigenvalue weighted by atomic mass is 14.8. The molecule has 0 aromatic carbocycles. The number of nitrogens with zero attached hydrogens (tertiary/aromatic N) is 3. The van der Waals surface area contributed by atoms with Crippen LogP contribution in [0.5, 0.6) is 0 Å². The van der Waals surface area contributed by atoms with Crippen molar-refractivity contribution in [3.63, 3.8) is 0 Å². The van der Waals surface area contributed by atoms with Crippen LogP contribution in [-0.2, 0) is 0 Å². The van der Waals surface area contributed by atoms with E-state index in [1.165, 1.54) is 0 Å². The highest BCUT2D eigenvalue weighted by Crippen LogP contribution is 1.96. The molecule has 72 valence electrons. The average Bonchev–Trinajstić information content (AvgIpc) is 2.28. The Hall–Kier alpha value is -2.21. The lowest BCUT2D eigenvalue weighted by Crippen LogP contribution is -1.87. The molecule has 0 fully saturated rings. The predicted molar refractivity (Wildman–Crippen MR) is 57.0 cm³/mol. The maximum absolute atomic E-state index is 4.26. The molecule has 0 amide bonds. The van der Waals surface area contributed by atoms with Crippen LogP contribution in [0.4, 0.5) is 0 Å². The molecule has 0 aliphatic rings. The zero-order valence-corrected chi connectivity index (χ0v) is 8.31. The van der Waals surface area contributed by atoms with Crippen LogP contribution in [0.2, 0.25) is 0 Å². The van der Waals surface area contributed by atoms with E-state index in [-0.39, 0.29) is 0 Å². The largest absolute Gasteiger partial charge is 0.245 e. The van der Waals surface area contributed by atoms with Crippen LogP contribution < -0.4 is 0 Å². The van der Waals surface area contributed by atoms with Crippen molar-refractivity contribution in [2.45, 2.75) is 6.92 Å². The zero-order chi connectivity index (χ0) is 10.5. The quantitative estimate of drug-likeness (QED) is 0.599. The fraction of sp³-hybridized carbons (Fsp3) is 0.0833. The van der Waals surface area contributed by atoms with Gasteiger partial charge in [-0.25, -0.2) is 15.0 Å². The number of rotatable bonds is 0. The monoisotopic (exact) mass is 195 g/mol. The van der Waals surface area contributed by atoms with Crippen LogP contribution in [0, 0.1) is 18.8 Å². The topological polar surface area (TPSA) is 38.7 Å². The van der Waals surface area contributed by atoms with Gasteiger partial charge < -0.3 is 0 Å². The van der Waals surface area contributed by atoms with Gasteiger partial charge in [-0.1, -0.05) is 6.07 Å². The molecule has 0 atom stereocenters. The zero-order valence-electron chi connectivity index (χ0n) is 8.31. The normalized spacial score (nSPS) is 9.13. The molecule has 2 heterocycles. The molecule has 0 N–H and O–H groups in total. The molecular formula is C12H9N3. The third-order valence-corrected chi connectivity index (χ3v) is 1.76. The summed E-state index contributed by atoms with van der Waals surface area (Å²) in [5, 5.41) is 0. The van der Waals surface area contributed by atoms with Crippen LogP contribution in [0.15, 0.2) is 36.7 Å². The summed E-state index contributed by atoms with van der Waals surface area (Å²) in [5.74, 6) is 6.28. The summed E-state index contributed by atoms with van der Waals surface area (Å²) in [6.07, 6.45) is 3.33. The molecule has 0 radical (unpaired) electrons. The summed E-state index contributed by atoms with van der Waals surface area (Å²) in [4.78, 5) is 12.3. The van der Waals surface area contributed by atoms with Gasteiger partial charge >= 0.3 is 0 Å². The van der Waals surface area contributed by atoms with Crippen molar-refractivity contribution in [1.82, 2.24) is 15.0 Å². The molecule has 3 nitrogen and oxygen atoms in total. The molecule has 0 saturated carbocycles. The number of pyridine rings is 1. The van der Waals surface area contributed by atoms with Crippen molar-refractivity contribution >= 4 is 0 Å². The van der Waals surface area contributed by atoms with Crippen molar-refractivity contribution in [2.75, 3.05) is 0 Å². The first-order valence-corrected chi connectivity index (χ1v) is 4.57. The van der Waals surface area contributed by atoms with Gasteiger partial charge in [0.1, 0.15) is 5.69 Å². The van der Waals surface area contributed by atoms with E-state index in [1.807, 2.05) is 25.1 Å². The fourth-order valence-corrected chi connectivity index (χ4v) is 1.10. The van der Waals surface area contributed by atoms with Gasteiger partial charge in [0, 0.05) is 18.1 Å². The number of hydrogen-bond acceptors (Lipinski definition) is 3. The van der Waals surface area contributed by atoms with Crippen molar-refractivity contribution in [2.24, 2.45) is 0 Å². The van der Waals surface area contributed by atoms with E-state index in [4.69, 9.17) is 0 Å². The standard InChI is InChI=1S/C12H9N3/c1-10-4-2-5-11(15-10)6-7-12-13-8-3-9-14-12/h2-5,8-9H,1H3. The second-order valence-corrected chi connectivity index (χ2v) is 2.99. The highest BCUT2D eigenvalue weighted by molar-refractivity contribution is 5.33. The van der Waals surface area contributed by atoms with Crippen molar-refractivity contribution < 1.29 is 0 Å².